The molecule has 8 heteroatoms. The van der Waals surface area contributed by atoms with E-state index >= 15 is 0 Å². The van der Waals surface area contributed by atoms with Gasteiger partial charge in [-0.05, 0) is 42.5 Å². The fraction of sp³-hybridized carbons (Fsp3) is 0.136. The highest BCUT2D eigenvalue weighted by atomic mass is 16.6. The van der Waals surface area contributed by atoms with Crippen molar-refractivity contribution < 1.29 is 19.2 Å². The Balaban J connectivity index is 1.78. The second-order valence-corrected chi connectivity index (χ2v) is 6.58. The molecule has 0 atom stereocenters. The number of ether oxygens (including phenoxy) is 2. The molecule has 0 spiro atoms. The number of hydrogen-bond acceptors (Lipinski definition) is 6. The minimum absolute atomic E-state index is 0.147. The third-order valence-corrected chi connectivity index (χ3v) is 4.33. The number of benzene rings is 3. The van der Waals surface area contributed by atoms with Crippen LogP contribution in [0.5, 0.6) is 17.2 Å². The summed E-state index contributed by atoms with van der Waals surface area (Å²) in [6, 6.07) is 18.3. The summed E-state index contributed by atoms with van der Waals surface area (Å²) in [7, 11) is 5.10. The zero-order chi connectivity index (χ0) is 21.7. The van der Waals surface area contributed by atoms with Crippen molar-refractivity contribution in [2.75, 3.05) is 31.4 Å². The molecule has 3 aromatic carbocycles. The topological polar surface area (TPSA) is 93.9 Å². The van der Waals surface area contributed by atoms with Crippen LogP contribution in [0.3, 0.4) is 0 Å². The molecule has 0 unspecified atom stereocenters. The molecule has 154 valence electrons. The van der Waals surface area contributed by atoms with Gasteiger partial charge in [-0.2, -0.15) is 0 Å². The van der Waals surface area contributed by atoms with Crippen LogP contribution in [-0.4, -0.2) is 32.0 Å². The number of methoxy groups -OCH3 is 1. The predicted octanol–water partition coefficient (Wildman–Crippen LogP) is 4.71. The van der Waals surface area contributed by atoms with E-state index < -0.39 is 10.8 Å². The van der Waals surface area contributed by atoms with Gasteiger partial charge in [-0.3, -0.25) is 14.9 Å². The first-order valence-electron chi connectivity index (χ1n) is 9.07. The summed E-state index contributed by atoms with van der Waals surface area (Å²) in [5, 5.41) is 13.9. The molecule has 0 fully saturated rings. The number of rotatable bonds is 7. The Morgan fingerprint density at radius 3 is 2.27 bits per heavy atom. The summed E-state index contributed by atoms with van der Waals surface area (Å²) < 4.78 is 11.1. The third-order valence-electron chi connectivity index (χ3n) is 4.33. The fourth-order valence-corrected chi connectivity index (χ4v) is 2.84. The summed E-state index contributed by atoms with van der Waals surface area (Å²) in [5.41, 5.74) is 1.17. The second-order valence-electron chi connectivity index (χ2n) is 6.58. The van der Waals surface area contributed by atoms with E-state index in [9.17, 15) is 14.9 Å². The standard InChI is InChI=1S/C22H21N3O5/c1-24(2)19-13-10-16(25(27)28)14-18(19)22(26)23-15-8-11-17(12-9-15)30-21-7-5-4-6-20(21)29-3/h4-14H,1-3H3,(H,23,26). The Morgan fingerprint density at radius 1 is 1.00 bits per heavy atom. The van der Waals surface area contributed by atoms with Gasteiger partial charge in [-0.1, -0.05) is 12.1 Å². The predicted molar refractivity (Wildman–Crippen MR) is 115 cm³/mol. The van der Waals surface area contributed by atoms with Crippen LogP contribution in [0, 0.1) is 10.1 Å². The lowest BCUT2D eigenvalue weighted by molar-refractivity contribution is -0.384. The number of nitro benzene ring substituents is 1. The van der Waals surface area contributed by atoms with Gasteiger partial charge in [0.05, 0.1) is 17.6 Å². The number of nitrogens with zero attached hydrogens (tertiary/aromatic N) is 2. The van der Waals surface area contributed by atoms with Gasteiger partial charge in [0.25, 0.3) is 11.6 Å². The van der Waals surface area contributed by atoms with E-state index in [4.69, 9.17) is 9.47 Å². The highest BCUT2D eigenvalue weighted by Crippen LogP contribution is 2.31. The number of para-hydroxylation sites is 2. The van der Waals surface area contributed by atoms with E-state index in [1.165, 1.54) is 12.1 Å². The van der Waals surface area contributed by atoms with Crippen LogP contribution in [0.4, 0.5) is 17.1 Å². The molecule has 0 aliphatic rings. The number of nitro groups is 1. The maximum Gasteiger partial charge on any atom is 0.270 e. The highest BCUT2D eigenvalue weighted by Gasteiger charge is 2.18. The van der Waals surface area contributed by atoms with Crippen LogP contribution in [0.25, 0.3) is 0 Å². The molecule has 1 N–H and O–H groups in total. The van der Waals surface area contributed by atoms with E-state index in [0.29, 0.717) is 28.6 Å². The fourth-order valence-electron chi connectivity index (χ4n) is 2.84. The van der Waals surface area contributed by atoms with Gasteiger partial charge in [0.15, 0.2) is 11.5 Å². The Bertz CT molecular complexity index is 1060. The largest absolute Gasteiger partial charge is 0.493 e. The van der Waals surface area contributed by atoms with Crippen LogP contribution >= 0.6 is 0 Å². The quantitative estimate of drug-likeness (QED) is 0.450. The molecule has 3 rings (SSSR count). The zero-order valence-corrected chi connectivity index (χ0v) is 16.8. The molecule has 0 bridgehead atoms. The molecule has 0 heterocycles. The van der Waals surface area contributed by atoms with Crippen molar-refractivity contribution in [3.63, 3.8) is 0 Å². The van der Waals surface area contributed by atoms with Crippen LogP contribution in [0.1, 0.15) is 10.4 Å². The molecule has 8 nitrogen and oxygen atoms in total. The highest BCUT2D eigenvalue weighted by molar-refractivity contribution is 6.08. The molecule has 30 heavy (non-hydrogen) atoms. The van der Waals surface area contributed by atoms with Crippen molar-refractivity contribution in [2.24, 2.45) is 0 Å². The number of non-ortho nitro benzene ring substituents is 1. The molecule has 0 aromatic heterocycles. The average molecular weight is 407 g/mol. The number of carbonyl (C=O) groups excluding carboxylic acids is 1. The van der Waals surface area contributed by atoms with Crippen molar-refractivity contribution >= 4 is 23.0 Å². The Morgan fingerprint density at radius 2 is 1.67 bits per heavy atom. The first kappa shape index (κ1) is 20.7. The third kappa shape index (κ3) is 4.67. The van der Waals surface area contributed by atoms with Crippen LogP contribution in [0.2, 0.25) is 0 Å². The van der Waals surface area contributed by atoms with Gasteiger partial charge in [0.2, 0.25) is 0 Å². The molecule has 0 aliphatic carbocycles. The van der Waals surface area contributed by atoms with Gasteiger partial charge in [0, 0.05) is 37.6 Å². The molecule has 3 aromatic rings. The van der Waals surface area contributed by atoms with Gasteiger partial charge >= 0.3 is 0 Å². The first-order valence-corrected chi connectivity index (χ1v) is 9.07. The zero-order valence-electron chi connectivity index (χ0n) is 16.8. The summed E-state index contributed by atoms with van der Waals surface area (Å²) in [6.07, 6.45) is 0. The summed E-state index contributed by atoms with van der Waals surface area (Å²) in [4.78, 5) is 25.0. The Hall–Kier alpha value is -4.07. The monoisotopic (exact) mass is 407 g/mol. The molecule has 0 aliphatic heterocycles. The second kappa shape index (κ2) is 8.95. The van der Waals surface area contributed by atoms with Crippen molar-refractivity contribution in [1.82, 2.24) is 0 Å². The lowest BCUT2D eigenvalue weighted by Crippen LogP contribution is -2.18. The van der Waals surface area contributed by atoms with E-state index in [2.05, 4.69) is 5.32 Å². The molecule has 0 saturated heterocycles. The van der Waals surface area contributed by atoms with Gasteiger partial charge in [-0.15, -0.1) is 0 Å². The van der Waals surface area contributed by atoms with E-state index in [0.717, 1.165) is 0 Å². The smallest absolute Gasteiger partial charge is 0.270 e. The number of amides is 1. The van der Waals surface area contributed by atoms with Crippen LogP contribution in [-0.2, 0) is 0 Å². The average Bonchev–Trinajstić information content (AvgIpc) is 2.74. The molecule has 1 amide bonds. The van der Waals surface area contributed by atoms with E-state index in [1.54, 1.807) is 68.6 Å². The van der Waals surface area contributed by atoms with Crippen molar-refractivity contribution in [1.29, 1.82) is 0 Å². The number of nitrogens with one attached hydrogen (secondary N) is 1. The lowest BCUT2D eigenvalue weighted by atomic mass is 10.1. The molecular weight excluding hydrogens is 386 g/mol. The van der Waals surface area contributed by atoms with Gasteiger partial charge in [-0.25, -0.2) is 0 Å². The van der Waals surface area contributed by atoms with Crippen molar-refractivity contribution in [3.05, 3.63) is 82.4 Å². The minimum atomic E-state index is -0.528. The first-order chi connectivity index (χ1) is 14.4. The van der Waals surface area contributed by atoms with E-state index in [1.807, 2.05) is 12.1 Å². The maximum atomic E-state index is 12.8. The number of carbonyl (C=O) groups is 1. The van der Waals surface area contributed by atoms with Crippen LogP contribution in [0.15, 0.2) is 66.7 Å². The maximum absolute atomic E-state index is 12.8. The summed E-state index contributed by atoms with van der Waals surface area (Å²) in [6.45, 7) is 0. The van der Waals surface area contributed by atoms with Gasteiger partial charge < -0.3 is 19.7 Å². The summed E-state index contributed by atoms with van der Waals surface area (Å²) >= 11 is 0. The molecular formula is C22H21N3O5. The van der Waals surface area contributed by atoms with E-state index in [-0.39, 0.29) is 11.3 Å². The van der Waals surface area contributed by atoms with Crippen molar-refractivity contribution in [3.8, 4) is 17.2 Å². The normalized spacial score (nSPS) is 10.2. The summed E-state index contributed by atoms with van der Waals surface area (Å²) in [5.74, 6) is 1.31. The Kier molecular flexibility index (Phi) is 6.17. The SMILES string of the molecule is COc1ccccc1Oc1ccc(NC(=O)c2cc([N+](=O)[O-])ccc2N(C)C)cc1. The number of anilines is 2. The van der Waals surface area contributed by atoms with Crippen molar-refractivity contribution in [2.45, 2.75) is 0 Å². The minimum Gasteiger partial charge on any atom is -0.493 e. The lowest BCUT2D eigenvalue weighted by Gasteiger charge is -2.17. The van der Waals surface area contributed by atoms with Gasteiger partial charge in [0.1, 0.15) is 5.75 Å². The molecule has 0 radical (unpaired) electrons. The molecule has 0 saturated carbocycles. The number of hydrogen-bond donors (Lipinski definition) is 1. The Labute approximate surface area is 173 Å². The van der Waals surface area contributed by atoms with Crippen LogP contribution < -0.4 is 19.7 Å².